The lowest BCUT2D eigenvalue weighted by Crippen LogP contribution is -2.41. The van der Waals surface area contributed by atoms with Gasteiger partial charge in [0.25, 0.3) is 5.69 Å². The topological polar surface area (TPSA) is 88.6 Å². The van der Waals surface area contributed by atoms with Gasteiger partial charge in [-0.3, -0.25) is 14.7 Å². The SMILES string of the molecule is O=[N+]([O-])c1ccc(CC2(S)NC=Nc3c2nc(N2CCCC2)n3Cc2ccccc2)cc1. The number of imidazole rings is 1. The van der Waals surface area contributed by atoms with Crippen LogP contribution in [0.25, 0.3) is 0 Å². The molecule has 3 heterocycles. The molecule has 2 aromatic carbocycles. The summed E-state index contributed by atoms with van der Waals surface area (Å²) in [6, 6.07) is 16.9. The zero-order valence-electron chi connectivity index (χ0n) is 17.5. The van der Waals surface area contributed by atoms with E-state index in [1.165, 1.54) is 17.7 Å². The molecule has 1 N–H and O–H groups in total. The van der Waals surface area contributed by atoms with E-state index in [9.17, 15) is 10.1 Å². The van der Waals surface area contributed by atoms with Gasteiger partial charge in [0.2, 0.25) is 5.95 Å². The van der Waals surface area contributed by atoms with E-state index in [4.69, 9.17) is 17.6 Å². The van der Waals surface area contributed by atoms with E-state index in [1.807, 2.05) is 18.2 Å². The predicted octanol–water partition coefficient (Wildman–Crippen LogP) is 4.03. The minimum atomic E-state index is -0.774. The van der Waals surface area contributed by atoms with Crippen molar-refractivity contribution in [3.63, 3.8) is 0 Å². The van der Waals surface area contributed by atoms with Gasteiger partial charge in [-0.2, -0.15) is 0 Å². The van der Waals surface area contributed by atoms with E-state index in [0.29, 0.717) is 13.0 Å². The summed E-state index contributed by atoms with van der Waals surface area (Å²) in [5, 5.41) is 14.3. The molecule has 1 fully saturated rings. The van der Waals surface area contributed by atoms with Crippen LogP contribution in [0.4, 0.5) is 17.5 Å². The van der Waals surface area contributed by atoms with Crippen LogP contribution >= 0.6 is 12.6 Å². The van der Waals surface area contributed by atoms with Crippen molar-refractivity contribution < 1.29 is 4.92 Å². The number of rotatable bonds is 6. The zero-order valence-corrected chi connectivity index (χ0v) is 18.4. The summed E-state index contributed by atoms with van der Waals surface area (Å²) in [6.07, 6.45) is 4.49. The summed E-state index contributed by atoms with van der Waals surface area (Å²) < 4.78 is 2.17. The van der Waals surface area contributed by atoms with Crippen molar-refractivity contribution in [1.29, 1.82) is 0 Å². The lowest BCUT2D eigenvalue weighted by atomic mass is 10.0. The molecule has 0 amide bonds. The number of nitro groups is 1. The van der Waals surface area contributed by atoms with Gasteiger partial charge in [-0.25, -0.2) is 9.98 Å². The van der Waals surface area contributed by atoms with Crippen molar-refractivity contribution in [2.45, 2.75) is 30.7 Å². The third-order valence-corrected chi connectivity index (χ3v) is 6.48. The van der Waals surface area contributed by atoms with E-state index in [2.05, 4.69) is 31.9 Å². The summed E-state index contributed by atoms with van der Waals surface area (Å²) in [4.78, 5) is 21.8. The molecule has 2 aliphatic heterocycles. The number of hydrogen-bond acceptors (Lipinski definition) is 7. The Morgan fingerprint density at radius 1 is 1.06 bits per heavy atom. The highest BCUT2D eigenvalue weighted by Crippen LogP contribution is 2.41. The number of nitrogens with one attached hydrogen (secondary N) is 1. The fraction of sp³-hybridized carbons (Fsp3) is 0.304. The lowest BCUT2D eigenvalue weighted by Gasteiger charge is -2.30. The van der Waals surface area contributed by atoms with Gasteiger partial charge in [-0.1, -0.05) is 42.5 Å². The first-order chi connectivity index (χ1) is 15.5. The van der Waals surface area contributed by atoms with Gasteiger partial charge in [0.05, 0.1) is 17.8 Å². The molecule has 1 unspecified atom stereocenters. The highest BCUT2D eigenvalue weighted by Gasteiger charge is 2.38. The first-order valence-electron chi connectivity index (χ1n) is 10.7. The summed E-state index contributed by atoms with van der Waals surface area (Å²) in [7, 11) is 0. The molecule has 2 aliphatic rings. The van der Waals surface area contributed by atoms with E-state index >= 15 is 0 Å². The monoisotopic (exact) mass is 448 g/mol. The van der Waals surface area contributed by atoms with Crippen molar-refractivity contribution in [3.05, 3.63) is 81.5 Å². The molecule has 8 nitrogen and oxygen atoms in total. The van der Waals surface area contributed by atoms with E-state index in [-0.39, 0.29) is 5.69 Å². The minimum absolute atomic E-state index is 0.0734. The predicted molar refractivity (Wildman–Crippen MR) is 128 cm³/mol. The maximum atomic E-state index is 11.0. The van der Waals surface area contributed by atoms with Gasteiger partial charge < -0.3 is 10.2 Å². The second-order valence-electron chi connectivity index (χ2n) is 8.21. The Balaban J connectivity index is 1.53. The number of fused-ring (bicyclic) bond motifs is 1. The Morgan fingerprint density at radius 3 is 2.47 bits per heavy atom. The number of non-ortho nitro benzene ring substituents is 1. The van der Waals surface area contributed by atoms with Crippen LogP contribution in [0.5, 0.6) is 0 Å². The van der Waals surface area contributed by atoms with E-state index in [0.717, 1.165) is 49.0 Å². The van der Waals surface area contributed by atoms with Crippen molar-refractivity contribution >= 4 is 36.4 Å². The Hall–Kier alpha value is -3.33. The third-order valence-electron chi connectivity index (χ3n) is 5.98. The van der Waals surface area contributed by atoms with Gasteiger partial charge in [0.15, 0.2) is 5.82 Å². The minimum Gasteiger partial charge on any atom is -0.356 e. The van der Waals surface area contributed by atoms with Crippen LogP contribution in [0.3, 0.4) is 0 Å². The molecule has 9 heteroatoms. The number of nitro benzene ring substituents is 1. The van der Waals surface area contributed by atoms with Crippen molar-refractivity contribution in [2.24, 2.45) is 4.99 Å². The Labute approximate surface area is 191 Å². The molecule has 1 aromatic heterocycles. The van der Waals surface area contributed by atoms with Gasteiger partial charge in [0.1, 0.15) is 10.6 Å². The average molecular weight is 449 g/mol. The molecule has 1 saturated heterocycles. The third kappa shape index (κ3) is 3.84. The molecule has 0 radical (unpaired) electrons. The first-order valence-corrected chi connectivity index (χ1v) is 11.1. The van der Waals surface area contributed by atoms with Crippen LogP contribution in [-0.2, 0) is 17.8 Å². The van der Waals surface area contributed by atoms with Crippen LogP contribution in [0.1, 0.15) is 29.7 Å². The van der Waals surface area contributed by atoms with Crippen LogP contribution < -0.4 is 10.2 Å². The molecule has 32 heavy (non-hydrogen) atoms. The zero-order chi connectivity index (χ0) is 22.1. The fourth-order valence-corrected chi connectivity index (χ4v) is 4.74. The van der Waals surface area contributed by atoms with Gasteiger partial charge in [0, 0.05) is 31.6 Å². The van der Waals surface area contributed by atoms with Gasteiger partial charge >= 0.3 is 0 Å². The second-order valence-corrected chi connectivity index (χ2v) is 8.98. The Bertz CT molecular complexity index is 1160. The average Bonchev–Trinajstić information content (AvgIpc) is 3.44. The van der Waals surface area contributed by atoms with Crippen molar-refractivity contribution in [1.82, 2.24) is 14.9 Å². The number of thiol groups is 1. The van der Waals surface area contributed by atoms with E-state index in [1.54, 1.807) is 18.5 Å². The number of anilines is 1. The smallest absolute Gasteiger partial charge is 0.269 e. The molecule has 0 bridgehead atoms. The largest absolute Gasteiger partial charge is 0.356 e. The maximum absolute atomic E-state index is 11.0. The molecule has 5 rings (SSSR count). The highest BCUT2D eigenvalue weighted by atomic mass is 32.1. The lowest BCUT2D eigenvalue weighted by molar-refractivity contribution is -0.384. The molecule has 0 aliphatic carbocycles. The Kier molecular flexibility index (Phi) is 5.34. The van der Waals surface area contributed by atoms with Gasteiger partial charge in [-0.15, -0.1) is 12.6 Å². The van der Waals surface area contributed by atoms with Crippen LogP contribution in [-0.4, -0.2) is 33.9 Å². The number of aromatic nitrogens is 2. The van der Waals surface area contributed by atoms with Crippen LogP contribution in [0, 0.1) is 10.1 Å². The molecule has 0 spiro atoms. The number of benzene rings is 2. The maximum Gasteiger partial charge on any atom is 0.269 e. The first kappa shape index (κ1) is 20.6. The molecule has 3 aromatic rings. The summed E-state index contributed by atoms with van der Waals surface area (Å²) in [5.41, 5.74) is 2.96. The number of aliphatic imine (C=N–C) groups is 1. The molecule has 0 saturated carbocycles. The van der Waals surface area contributed by atoms with E-state index < -0.39 is 9.79 Å². The molecular weight excluding hydrogens is 424 g/mol. The molecule has 164 valence electrons. The summed E-state index contributed by atoms with van der Waals surface area (Å²) in [6.45, 7) is 2.63. The number of nitrogens with zero attached hydrogens (tertiary/aromatic N) is 5. The van der Waals surface area contributed by atoms with Crippen molar-refractivity contribution in [3.8, 4) is 0 Å². The molecular formula is C23H24N6O2S. The fourth-order valence-electron chi connectivity index (χ4n) is 4.35. The van der Waals surface area contributed by atoms with Crippen molar-refractivity contribution in [2.75, 3.05) is 18.0 Å². The van der Waals surface area contributed by atoms with Crippen LogP contribution in [0.2, 0.25) is 0 Å². The van der Waals surface area contributed by atoms with Gasteiger partial charge in [-0.05, 0) is 24.0 Å². The second kappa shape index (κ2) is 8.31. The quantitative estimate of drug-likeness (QED) is 0.338. The summed E-state index contributed by atoms with van der Waals surface area (Å²) >= 11 is 5.01. The normalized spacial score (nSPS) is 19.6. The standard InChI is InChI=1S/C23H24N6O2S/c30-29(31)19-10-8-17(9-11-19)14-23(32)20-21(24-16-25-23)28(15-18-6-2-1-3-7-18)22(26-20)27-12-4-5-13-27/h1-3,6-11,16,32H,4-5,12-15H2,(H,24,25). The summed E-state index contributed by atoms with van der Waals surface area (Å²) in [5.74, 6) is 1.71. The van der Waals surface area contributed by atoms with Crippen LogP contribution in [0.15, 0.2) is 59.6 Å². The molecule has 1 atom stereocenters. The number of hydrogen-bond donors (Lipinski definition) is 2. The Morgan fingerprint density at radius 2 is 1.78 bits per heavy atom. The highest BCUT2D eigenvalue weighted by molar-refractivity contribution is 7.81.